The van der Waals surface area contributed by atoms with Gasteiger partial charge in [0.1, 0.15) is 0 Å². The summed E-state index contributed by atoms with van der Waals surface area (Å²) in [6, 6.07) is 1.87. The first-order valence-corrected chi connectivity index (χ1v) is 9.17. The summed E-state index contributed by atoms with van der Waals surface area (Å²) in [6.07, 6.45) is 7.18. The fraction of sp³-hybridized carbons (Fsp3) is 0.600. The van der Waals surface area contributed by atoms with Gasteiger partial charge in [0.05, 0.1) is 0 Å². The maximum Gasteiger partial charge on any atom is 0.573 e. The van der Waals surface area contributed by atoms with Gasteiger partial charge >= 0.3 is 6.36 Å². The van der Waals surface area contributed by atoms with Crippen molar-refractivity contribution in [3.05, 3.63) is 41.5 Å². The Morgan fingerprint density at radius 2 is 1.58 bits per heavy atom. The molecule has 0 saturated heterocycles. The summed E-state index contributed by atoms with van der Waals surface area (Å²) in [5, 5.41) is 0. The van der Waals surface area contributed by atoms with Crippen LogP contribution in [0.3, 0.4) is 0 Å². The van der Waals surface area contributed by atoms with E-state index in [2.05, 4.69) is 23.8 Å². The van der Waals surface area contributed by atoms with E-state index in [9.17, 15) is 22.0 Å². The second kappa shape index (κ2) is 9.38. The van der Waals surface area contributed by atoms with Crippen molar-refractivity contribution in [2.75, 3.05) is 0 Å². The highest BCUT2D eigenvalue weighted by Gasteiger charge is 2.34. The van der Waals surface area contributed by atoms with E-state index in [0.29, 0.717) is 23.8 Å². The normalized spacial score (nSPS) is 21.3. The zero-order chi connectivity index (χ0) is 19.2. The number of allylic oxidation sites excluding steroid dienone is 2. The minimum Gasteiger partial charge on any atom is -0.399 e. The molecule has 6 heteroatoms. The first-order valence-electron chi connectivity index (χ1n) is 9.17. The molecule has 146 valence electrons. The molecule has 0 amide bonds. The van der Waals surface area contributed by atoms with E-state index in [-0.39, 0.29) is 0 Å². The lowest BCUT2D eigenvalue weighted by molar-refractivity contribution is -0.276. The maximum absolute atomic E-state index is 13.7. The van der Waals surface area contributed by atoms with Crippen LogP contribution in [0.2, 0.25) is 0 Å². The fourth-order valence-corrected chi connectivity index (χ4v) is 3.55. The number of aryl methyl sites for hydroxylation is 1. The van der Waals surface area contributed by atoms with Crippen LogP contribution in [0.1, 0.15) is 57.4 Å². The minimum atomic E-state index is -5.12. The highest BCUT2D eigenvalue weighted by atomic mass is 19.4. The van der Waals surface area contributed by atoms with Gasteiger partial charge in [0.15, 0.2) is 11.6 Å². The van der Waals surface area contributed by atoms with Crippen LogP contribution >= 0.6 is 0 Å². The van der Waals surface area contributed by atoms with Crippen molar-refractivity contribution in [3.8, 4) is 5.75 Å². The number of hydrogen-bond donors (Lipinski definition) is 0. The van der Waals surface area contributed by atoms with Crippen LogP contribution in [0.4, 0.5) is 22.0 Å². The molecular weight excluding hydrogens is 351 g/mol. The summed E-state index contributed by atoms with van der Waals surface area (Å²) >= 11 is 0. The molecule has 1 saturated carbocycles. The summed E-state index contributed by atoms with van der Waals surface area (Å²) in [5.41, 5.74) is 0.363. The quantitative estimate of drug-likeness (QED) is 0.369. The van der Waals surface area contributed by atoms with Crippen LogP contribution in [-0.2, 0) is 6.42 Å². The highest BCUT2D eigenvalue weighted by molar-refractivity contribution is 5.31. The third-order valence-corrected chi connectivity index (χ3v) is 4.96. The van der Waals surface area contributed by atoms with Crippen molar-refractivity contribution < 1.29 is 26.7 Å². The van der Waals surface area contributed by atoms with Crippen molar-refractivity contribution in [2.45, 2.75) is 64.7 Å². The summed E-state index contributed by atoms with van der Waals surface area (Å²) in [4.78, 5) is 0. The predicted octanol–water partition coefficient (Wildman–Crippen LogP) is 6.96. The minimum absolute atomic E-state index is 0.363. The Bertz CT molecular complexity index is 578. The molecule has 0 bridgehead atoms. The van der Waals surface area contributed by atoms with Gasteiger partial charge in [-0.05, 0) is 68.1 Å². The molecule has 0 aliphatic heterocycles. The molecular formula is C20H25F5O. The largest absolute Gasteiger partial charge is 0.573 e. The Morgan fingerprint density at radius 3 is 2.12 bits per heavy atom. The number of ether oxygens (including phenoxy) is 1. The van der Waals surface area contributed by atoms with Crippen molar-refractivity contribution in [2.24, 2.45) is 11.8 Å². The molecule has 26 heavy (non-hydrogen) atoms. The third-order valence-electron chi connectivity index (χ3n) is 4.96. The number of rotatable bonds is 7. The first kappa shape index (κ1) is 20.7. The fourth-order valence-electron chi connectivity index (χ4n) is 3.55. The van der Waals surface area contributed by atoms with E-state index < -0.39 is 23.7 Å². The highest BCUT2D eigenvalue weighted by Crippen LogP contribution is 2.34. The van der Waals surface area contributed by atoms with Gasteiger partial charge in [0.25, 0.3) is 0 Å². The van der Waals surface area contributed by atoms with Crippen LogP contribution in [0, 0.1) is 23.5 Å². The summed E-state index contributed by atoms with van der Waals surface area (Å²) in [7, 11) is 0. The molecule has 1 aliphatic rings. The SMILES string of the molecule is CCC=CCC1CCC(CCc2cc(F)c(OC(F)(F)F)c(F)c2)CC1. The van der Waals surface area contributed by atoms with Gasteiger partial charge in [-0.3, -0.25) is 0 Å². The molecule has 0 unspecified atom stereocenters. The van der Waals surface area contributed by atoms with Crippen LogP contribution in [0.15, 0.2) is 24.3 Å². The van der Waals surface area contributed by atoms with Crippen LogP contribution in [0.5, 0.6) is 5.75 Å². The van der Waals surface area contributed by atoms with Gasteiger partial charge in [-0.25, -0.2) is 8.78 Å². The number of hydrogen-bond acceptors (Lipinski definition) is 1. The Balaban J connectivity index is 1.84. The first-order chi connectivity index (χ1) is 12.3. The molecule has 1 aliphatic carbocycles. The Hall–Kier alpha value is -1.59. The molecule has 0 aromatic heterocycles. The lowest BCUT2D eigenvalue weighted by atomic mass is 9.78. The summed E-state index contributed by atoms with van der Waals surface area (Å²) in [5.74, 6) is -2.81. The Morgan fingerprint density at radius 1 is 1.00 bits per heavy atom. The second-order valence-corrected chi connectivity index (χ2v) is 6.98. The van der Waals surface area contributed by atoms with E-state index in [1.807, 2.05) is 0 Å². The number of halogens is 5. The maximum atomic E-state index is 13.7. The molecule has 2 rings (SSSR count). The van der Waals surface area contributed by atoms with Gasteiger partial charge in [-0.2, -0.15) is 0 Å². The molecule has 1 fully saturated rings. The van der Waals surface area contributed by atoms with Crippen molar-refractivity contribution in [1.82, 2.24) is 0 Å². The average molecular weight is 376 g/mol. The zero-order valence-corrected chi connectivity index (χ0v) is 14.9. The summed E-state index contributed by atoms with van der Waals surface area (Å²) in [6.45, 7) is 2.11. The second-order valence-electron chi connectivity index (χ2n) is 6.98. The molecule has 0 heterocycles. The van der Waals surface area contributed by atoms with Crippen LogP contribution < -0.4 is 4.74 Å². The van der Waals surface area contributed by atoms with Gasteiger partial charge < -0.3 is 4.74 Å². The molecule has 0 spiro atoms. The lowest BCUT2D eigenvalue weighted by Crippen LogP contribution is -2.19. The van der Waals surface area contributed by atoms with Gasteiger partial charge in [-0.1, -0.05) is 31.9 Å². The molecule has 1 nitrogen and oxygen atoms in total. The molecule has 1 aromatic rings. The third kappa shape index (κ3) is 6.61. The van der Waals surface area contributed by atoms with E-state index >= 15 is 0 Å². The molecule has 1 aromatic carbocycles. The molecule has 0 atom stereocenters. The monoisotopic (exact) mass is 376 g/mol. The van der Waals surface area contributed by atoms with Gasteiger partial charge in [0, 0.05) is 0 Å². The van der Waals surface area contributed by atoms with Gasteiger partial charge in [0.2, 0.25) is 5.75 Å². The van der Waals surface area contributed by atoms with E-state index in [1.165, 1.54) is 0 Å². The molecule has 0 radical (unpaired) electrons. The van der Waals surface area contributed by atoms with E-state index in [4.69, 9.17) is 0 Å². The van der Waals surface area contributed by atoms with Crippen molar-refractivity contribution in [1.29, 1.82) is 0 Å². The summed E-state index contributed by atoms with van der Waals surface area (Å²) < 4.78 is 67.4. The average Bonchev–Trinajstić information content (AvgIpc) is 2.57. The Labute approximate surface area is 151 Å². The van der Waals surface area contributed by atoms with Crippen molar-refractivity contribution in [3.63, 3.8) is 0 Å². The van der Waals surface area contributed by atoms with E-state index in [0.717, 1.165) is 57.1 Å². The van der Waals surface area contributed by atoms with Crippen LogP contribution in [-0.4, -0.2) is 6.36 Å². The van der Waals surface area contributed by atoms with Crippen LogP contribution in [0.25, 0.3) is 0 Å². The standard InChI is InChI=1S/C20H25F5O/c1-2-3-4-5-14-6-8-15(9-7-14)10-11-16-12-17(21)19(18(22)13-16)26-20(23,24)25/h3-4,12-15H,2,5-11H2,1H3. The number of alkyl halides is 3. The Kier molecular flexibility index (Phi) is 7.47. The van der Waals surface area contributed by atoms with Crippen molar-refractivity contribution >= 4 is 0 Å². The van der Waals surface area contributed by atoms with Gasteiger partial charge in [-0.15, -0.1) is 13.2 Å². The van der Waals surface area contributed by atoms with E-state index in [1.54, 1.807) is 0 Å². The molecule has 0 N–H and O–H groups in total. The number of benzene rings is 1. The lowest BCUT2D eigenvalue weighted by Gasteiger charge is -2.28. The smallest absolute Gasteiger partial charge is 0.399 e. The predicted molar refractivity (Wildman–Crippen MR) is 90.9 cm³/mol. The topological polar surface area (TPSA) is 9.23 Å². The zero-order valence-electron chi connectivity index (χ0n) is 14.9.